The Hall–Kier alpha value is -2.77. The van der Waals surface area contributed by atoms with Crippen molar-refractivity contribution in [2.45, 2.75) is 58.9 Å². The van der Waals surface area contributed by atoms with E-state index in [1.165, 1.54) is 0 Å². The molecule has 0 bridgehead atoms. The van der Waals surface area contributed by atoms with Crippen LogP contribution in [0, 0.1) is 0 Å². The molecule has 0 aromatic heterocycles. The molecule has 8 heteroatoms. The van der Waals surface area contributed by atoms with E-state index in [1.54, 1.807) is 13.0 Å². The van der Waals surface area contributed by atoms with E-state index in [-0.39, 0.29) is 23.4 Å². The number of urea groups is 1. The number of rotatable bonds is 4. The summed E-state index contributed by atoms with van der Waals surface area (Å²) >= 11 is 0. The number of nitrogens with zero attached hydrogens (tertiary/aromatic N) is 3. The minimum atomic E-state index is -0.277. The molecule has 0 radical (unpaired) electrons. The van der Waals surface area contributed by atoms with E-state index in [1.807, 2.05) is 42.7 Å². The molecule has 2 aliphatic rings. The summed E-state index contributed by atoms with van der Waals surface area (Å²) in [6.45, 7) is 11.7. The molecule has 0 unspecified atom stereocenters. The fraction of sp³-hybridized carbons (Fsp3) is 0.625. The maximum atomic E-state index is 13.4. The van der Waals surface area contributed by atoms with Gasteiger partial charge in [0.2, 0.25) is 5.91 Å². The van der Waals surface area contributed by atoms with Crippen LogP contribution >= 0.6 is 0 Å². The smallest absolute Gasteiger partial charge is 0.317 e. The van der Waals surface area contributed by atoms with Gasteiger partial charge >= 0.3 is 6.03 Å². The molecule has 0 spiro atoms. The van der Waals surface area contributed by atoms with Crippen LogP contribution in [-0.2, 0) is 4.79 Å². The van der Waals surface area contributed by atoms with Crippen LogP contribution in [0.2, 0.25) is 0 Å². The van der Waals surface area contributed by atoms with E-state index in [9.17, 15) is 14.4 Å². The summed E-state index contributed by atoms with van der Waals surface area (Å²) in [7, 11) is 0. The summed E-state index contributed by atoms with van der Waals surface area (Å²) in [5.41, 5.74) is 1.85. The van der Waals surface area contributed by atoms with Crippen LogP contribution in [0.5, 0.6) is 0 Å². The van der Waals surface area contributed by atoms with E-state index in [4.69, 9.17) is 0 Å². The molecule has 1 aromatic carbocycles. The fourth-order valence-corrected chi connectivity index (χ4v) is 4.13. The summed E-state index contributed by atoms with van der Waals surface area (Å²) in [4.78, 5) is 43.7. The molecule has 2 heterocycles. The molecule has 2 N–H and O–H groups in total. The molecule has 3 rings (SSSR count). The summed E-state index contributed by atoms with van der Waals surface area (Å²) in [5.74, 6) is -0.0622. The average molecular weight is 444 g/mol. The van der Waals surface area contributed by atoms with Gasteiger partial charge in [0.15, 0.2) is 0 Å². The monoisotopic (exact) mass is 443 g/mol. The van der Waals surface area contributed by atoms with Gasteiger partial charge in [-0.25, -0.2) is 4.79 Å². The SMILES string of the molecule is CCC(=O)Nc1ccc(N2CCN(C(=O)NC(C)(C)C)CC2)c(C(=O)N2CCCCC2)c1. The number of benzene rings is 1. The zero-order valence-corrected chi connectivity index (χ0v) is 19.9. The fourth-order valence-electron chi connectivity index (χ4n) is 4.13. The van der Waals surface area contributed by atoms with Gasteiger partial charge in [0, 0.05) is 62.6 Å². The van der Waals surface area contributed by atoms with Crippen LogP contribution in [0.3, 0.4) is 0 Å². The first-order chi connectivity index (χ1) is 15.2. The topological polar surface area (TPSA) is 85.0 Å². The quantitative estimate of drug-likeness (QED) is 0.748. The highest BCUT2D eigenvalue weighted by molar-refractivity contribution is 6.02. The van der Waals surface area contributed by atoms with E-state index in [0.717, 1.165) is 38.0 Å². The van der Waals surface area contributed by atoms with Gasteiger partial charge in [0.1, 0.15) is 0 Å². The molecule has 0 aliphatic carbocycles. The Kier molecular flexibility index (Phi) is 7.64. The van der Waals surface area contributed by atoms with Gasteiger partial charge in [-0.15, -0.1) is 0 Å². The Bertz CT molecular complexity index is 835. The first kappa shape index (κ1) is 23.9. The number of hydrogen-bond acceptors (Lipinski definition) is 4. The molecule has 1 aromatic rings. The van der Waals surface area contributed by atoms with Crippen LogP contribution in [0.4, 0.5) is 16.2 Å². The van der Waals surface area contributed by atoms with Gasteiger partial charge in [0.25, 0.3) is 5.91 Å². The van der Waals surface area contributed by atoms with Crippen molar-refractivity contribution >= 4 is 29.2 Å². The van der Waals surface area contributed by atoms with Crippen molar-refractivity contribution in [1.82, 2.24) is 15.1 Å². The molecular formula is C24H37N5O3. The number of piperazine rings is 1. The highest BCUT2D eigenvalue weighted by Crippen LogP contribution is 2.28. The van der Waals surface area contributed by atoms with Gasteiger partial charge < -0.3 is 25.3 Å². The summed E-state index contributed by atoms with van der Waals surface area (Å²) < 4.78 is 0. The minimum absolute atomic E-state index is 0.0141. The third-order valence-electron chi connectivity index (χ3n) is 5.86. The van der Waals surface area contributed by atoms with Crippen molar-refractivity contribution in [2.75, 3.05) is 49.5 Å². The molecule has 2 saturated heterocycles. The first-order valence-corrected chi connectivity index (χ1v) is 11.7. The number of anilines is 2. The number of hydrogen-bond donors (Lipinski definition) is 2. The Morgan fingerprint density at radius 1 is 0.906 bits per heavy atom. The second-order valence-electron chi connectivity index (χ2n) is 9.64. The largest absolute Gasteiger partial charge is 0.367 e. The highest BCUT2D eigenvalue weighted by atomic mass is 16.2. The summed E-state index contributed by atoms with van der Waals surface area (Å²) in [5, 5.41) is 5.89. The van der Waals surface area contributed by atoms with Crippen LogP contribution in [0.1, 0.15) is 63.7 Å². The summed E-state index contributed by atoms with van der Waals surface area (Å²) in [6.07, 6.45) is 3.58. The maximum Gasteiger partial charge on any atom is 0.317 e. The molecule has 0 atom stereocenters. The molecule has 8 nitrogen and oxygen atoms in total. The number of nitrogens with one attached hydrogen (secondary N) is 2. The summed E-state index contributed by atoms with van der Waals surface area (Å²) in [6, 6.07) is 5.53. The molecule has 32 heavy (non-hydrogen) atoms. The lowest BCUT2D eigenvalue weighted by atomic mass is 10.1. The molecule has 176 valence electrons. The average Bonchev–Trinajstić information content (AvgIpc) is 2.78. The Balaban J connectivity index is 1.78. The predicted octanol–water partition coefficient (Wildman–Crippen LogP) is 3.29. The molecular weight excluding hydrogens is 406 g/mol. The van der Waals surface area contributed by atoms with Crippen molar-refractivity contribution in [1.29, 1.82) is 0 Å². The first-order valence-electron chi connectivity index (χ1n) is 11.7. The van der Waals surface area contributed by atoms with Crippen molar-refractivity contribution < 1.29 is 14.4 Å². The predicted molar refractivity (Wildman–Crippen MR) is 127 cm³/mol. The normalized spacial score (nSPS) is 17.2. The number of carbonyl (C=O) groups is 3. The Morgan fingerprint density at radius 3 is 2.16 bits per heavy atom. The van der Waals surface area contributed by atoms with Gasteiger partial charge in [-0.3, -0.25) is 9.59 Å². The third-order valence-corrected chi connectivity index (χ3v) is 5.86. The zero-order valence-electron chi connectivity index (χ0n) is 19.9. The lowest BCUT2D eigenvalue weighted by molar-refractivity contribution is -0.115. The Labute approximate surface area is 191 Å². The van der Waals surface area contributed by atoms with Crippen LogP contribution in [0.15, 0.2) is 18.2 Å². The maximum absolute atomic E-state index is 13.4. The van der Waals surface area contributed by atoms with Gasteiger partial charge in [0.05, 0.1) is 5.56 Å². The lowest BCUT2D eigenvalue weighted by Crippen LogP contribution is -2.55. The van der Waals surface area contributed by atoms with Gasteiger partial charge in [-0.1, -0.05) is 6.92 Å². The van der Waals surface area contributed by atoms with E-state index < -0.39 is 0 Å². The van der Waals surface area contributed by atoms with E-state index >= 15 is 0 Å². The molecule has 2 aliphatic heterocycles. The Morgan fingerprint density at radius 2 is 1.56 bits per heavy atom. The second-order valence-corrected chi connectivity index (χ2v) is 9.64. The third kappa shape index (κ3) is 6.14. The van der Waals surface area contributed by atoms with Crippen LogP contribution < -0.4 is 15.5 Å². The van der Waals surface area contributed by atoms with Gasteiger partial charge in [-0.05, 0) is 58.2 Å². The molecule has 2 fully saturated rings. The highest BCUT2D eigenvalue weighted by Gasteiger charge is 2.28. The number of carbonyl (C=O) groups excluding carboxylic acids is 3. The number of amides is 4. The number of likely N-dealkylation sites (tertiary alicyclic amines) is 1. The van der Waals surface area contributed by atoms with Gasteiger partial charge in [-0.2, -0.15) is 0 Å². The zero-order chi connectivity index (χ0) is 23.3. The minimum Gasteiger partial charge on any atom is -0.367 e. The van der Waals surface area contributed by atoms with E-state index in [2.05, 4.69) is 15.5 Å². The van der Waals surface area contributed by atoms with E-state index in [0.29, 0.717) is 43.9 Å². The standard InChI is InChI=1S/C24H37N5O3/c1-5-21(30)25-18-9-10-20(19(17-18)22(31)28-11-7-6-8-12-28)27-13-15-29(16-14-27)23(32)26-24(2,3)4/h9-10,17H,5-8,11-16H2,1-4H3,(H,25,30)(H,26,32). The molecule has 0 saturated carbocycles. The van der Waals surface area contributed by atoms with Crippen molar-refractivity contribution in [3.8, 4) is 0 Å². The van der Waals surface area contributed by atoms with Crippen molar-refractivity contribution in [3.05, 3.63) is 23.8 Å². The van der Waals surface area contributed by atoms with Crippen molar-refractivity contribution in [3.63, 3.8) is 0 Å². The van der Waals surface area contributed by atoms with Crippen LogP contribution in [-0.4, -0.2) is 72.5 Å². The van der Waals surface area contributed by atoms with Crippen molar-refractivity contribution in [2.24, 2.45) is 0 Å². The number of piperidine rings is 1. The van der Waals surface area contributed by atoms with Crippen LogP contribution in [0.25, 0.3) is 0 Å². The second kappa shape index (κ2) is 10.2. The molecule has 4 amide bonds. The lowest BCUT2D eigenvalue weighted by Gasteiger charge is -2.38.